The number of hydrogen-bond acceptors (Lipinski definition) is 3. The summed E-state index contributed by atoms with van der Waals surface area (Å²) in [6.07, 6.45) is 4.58. The summed E-state index contributed by atoms with van der Waals surface area (Å²) in [5.41, 5.74) is 3.52. The lowest BCUT2D eigenvalue weighted by Crippen LogP contribution is -2.35. The molecule has 2 aromatic rings. The molecule has 0 saturated heterocycles. The molecule has 0 saturated carbocycles. The van der Waals surface area contributed by atoms with Crippen molar-refractivity contribution in [1.82, 2.24) is 5.16 Å². The number of anilines is 2. The molecule has 0 aliphatic carbocycles. The molecule has 3 rings (SSSR count). The van der Waals surface area contributed by atoms with E-state index in [4.69, 9.17) is 4.52 Å². The van der Waals surface area contributed by atoms with Gasteiger partial charge in [0.1, 0.15) is 17.6 Å². The first-order valence-corrected chi connectivity index (χ1v) is 6.83. The zero-order valence-electron chi connectivity index (χ0n) is 11.4. The van der Waals surface area contributed by atoms with Crippen LogP contribution in [0.2, 0.25) is 0 Å². The summed E-state index contributed by atoms with van der Waals surface area (Å²) in [6, 6.07) is 7.94. The maximum atomic E-state index is 12.5. The summed E-state index contributed by atoms with van der Waals surface area (Å²) < 4.78 is 4.84. The van der Waals surface area contributed by atoms with E-state index in [9.17, 15) is 4.79 Å². The van der Waals surface area contributed by atoms with Gasteiger partial charge in [0, 0.05) is 12.2 Å². The lowest BCUT2D eigenvalue weighted by molar-refractivity contribution is 0.257. The van der Waals surface area contributed by atoms with E-state index < -0.39 is 0 Å². The van der Waals surface area contributed by atoms with Crippen molar-refractivity contribution in [2.45, 2.75) is 26.2 Å². The fraction of sp³-hybridized carbons (Fsp3) is 0.333. The Labute approximate surface area is 117 Å². The molecule has 0 spiro atoms. The maximum absolute atomic E-state index is 12.5. The second-order valence-electron chi connectivity index (χ2n) is 4.98. The quantitative estimate of drug-likeness (QED) is 0.865. The Morgan fingerprint density at radius 1 is 1.35 bits per heavy atom. The molecule has 20 heavy (non-hydrogen) atoms. The number of aromatic nitrogens is 1. The van der Waals surface area contributed by atoms with Gasteiger partial charge in [-0.2, -0.15) is 0 Å². The topological polar surface area (TPSA) is 58.4 Å². The van der Waals surface area contributed by atoms with Crippen LogP contribution in [0.25, 0.3) is 0 Å². The van der Waals surface area contributed by atoms with Gasteiger partial charge in [0.05, 0.1) is 0 Å². The Hall–Kier alpha value is -2.30. The van der Waals surface area contributed by atoms with Crippen molar-refractivity contribution in [1.29, 1.82) is 0 Å². The Kier molecular flexibility index (Phi) is 3.41. The number of hydrogen-bond donors (Lipinski definition) is 1. The number of aryl methyl sites for hydroxylation is 2. The third-order valence-electron chi connectivity index (χ3n) is 3.60. The minimum atomic E-state index is -0.134. The van der Waals surface area contributed by atoms with Gasteiger partial charge in [-0.1, -0.05) is 23.4 Å². The van der Waals surface area contributed by atoms with Gasteiger partial charge in [0.25, 0.3) is 0 Å². The molecule has 2 heterocycles. The Morgan fingerprint density at radius 2 is 2.20 bits per heavy atom. The highest BCUT2D eigenvalue weighted by molar-refractivity contribution is 6.02. The highest BCUT2D eigenvalue weighted by Gasteiger charge is 2.21. The average Bonchev–Trinajstić information content (AvgIpc) is 2.75. The second-order valence-corrected chi connectivity index (χ2v) is 4.98. The largest absolute Gasteiger partial charge is 0.362 e. The lowest BCUT2D eigenvalue weighted by Gasteiger charge is -2.22. The number of amides is 2. The minimum absolute atomic E-state index is 0.134. The number of nitrogens with zero attached hydrogens (tertiary/aromatic N) is 2. The Balaban J connectivity index is 1.86. The summed E-state index contributed by atoms with van der Waals surface area (Å²) in [7, 11) is 0. The number of rotatable bonds is 1. The second kappa shape index (κ2) is 5.36. The standard InChI is InChI=1S/C15H17N3O2/c1-11-13(10-20-17-11)16-15(19)18-9-5-4-7-12-6-2-3-8-14(12)18/h2-3,6,8,10H,4-5,7,9H2,1H3,(H,16,19). The zero-order valence-corrected chi connectivity index (χ0v) is 11.4. The van der Waals surface area contributed by atoms with Crippen molar-refractivity contribution in [3.05, 3.63) is 41.8 Å². The van der Waals surface area contributed by atoms with Crippen molar-refractivity contribution in [3.8, 4) is 0 Å². The van der Waals surface area contributed by atoms with E-state index in [1.54, 1.807) is 11.8 Å². The zero-order chi connectivity index (χ0) is 13.9. The van der Waals surface area contributed by atoms with Crippen LogP contribution in [-0.4, -0.2) is 17.7 Å². The number of carbonyl (C=O) groups is 1. The van der Waals surface area contributed by atoms with Crippen LogP contribution in [0.4, 0.5) is 16.2 Å². The summed E-state index contributed by atoms with van der Waals surface area (Å²) in [4.78, 5) is 14.3. The molecule has 5 heteroatoms. The first kappa shape index (κ1) is 12.7. The lowest BCUT2D eigenvalue weighted by atomic mass is 10.1. The van der Waals surface area contributed by atoms with Gasteiger partial charge >= 0.3 is 6.03 Å². The molecular formula is C15H17N3O2. The number of nitrogens with one attached hydrogen (secondary N) is 1. The average molecular weight is 271 g/mol. The smallest absolute Gasteiger partial charge is 0.326 e. The fourth-order valence-electron chi connectivity index (χ4n) is 2.50. The van der Waals surface area contributed by atoms with Crippen LogP contribution in [-0.2, 0) is 6.42 Å². The first-order chi connectivity index (χ1) is 9.75. The van der Waals surface area contributed by atoms with Gasteiger partial charge in [-0.15, -0.1) is 0 Å². The number of urea groups is 1. The molecule has 104 valence electrons. The molecular weight excluding hydrogens is 254 g/mol. The number of carbonyl (C=O) groups excluding carboxylic acids is 1. The number of para-hydroxylation sites is 1. The van der Waals surface area contributed by atoms with Crippen LogP contribution in [0.1, 0.15) is 24.1 Å². The van der Waals surface area contributed by atoms with Gasteiger partial charge in [-0.3, -0.25) is 4.90 Å². The molecule has 1 N–H and O–H groups in total. The molecule has 1 aliphatic rings. The molecule has 1 aromatic carbocycles. The summed E-state index contributed by atoms with van der Waals surface area (Å²) >= 11 is 0. The van der Waals surface area contributed by atoms with Crippen LogP contribution in [0, 0.1) is 6.92 Å². The summed E-state index contributed by atoms with van der Waals surface area (Å²) in [5, 5.41) is 6.63. The van der Waals surface area contributed by atoms with Crippen molar-refractivity contribution in [2.24, 2.45) is 0 Å². The van der Waals surface area contributed by atoms with E-state index >= 15 is 0 Å². The van der Waals surface area contributed by atoms with Crippen molar-refractivity contribution < 1.29 is 9.32 Å². The van der Waals surface area contributed by atoms with Crippen molar-refractivity contribution in [2.75, 3.05) is 16.8 Å². The Bertz CT molecular complexity index is 621. The normalized spacial score (nSPS) is 14.6. The fourth-order valence-corrected chi connectivity index (χ4v) is 2.50. The number of fused-ring (bicyclic) bond motifs is 1. The van der Waals surface area contributed by atoms with E-state index in [0.29, 0.717) is 11.4 Å². The van der Waals surface area contributed by atoms with E-state index in [0.717, 1.165) is 31.5 Å². The van der Waals surface area contributed by atoms with Gasteiger partial charge in [-0.05, 0) is 37.8 Å². The van der Waals surface area contributed by atoms with Crippen LogP contribution >= 0.6 is 0 Å². The summed E-state index contributed by atoms with van der Waals surface area (Å²) in [5.74, 6) is 0. The maximum Gasteiger partial charge on any atom is 0.326 e. The monoisotopic (exact) mass is 271 g/mol. The molecule has 0 bridgehead atoms. The molecule has 0 radical (unpaired) electrons. The molecule has 5 nitrogen and oxygen atoms in total. The van der Waals surface area contributed by atoms with Crippen LogP contribution in [0.15, 0.2) is 35.1 Å². The molecule has 1 aromatic heterocycles. The van der Waals surface area contributed by atoms with Crippen molar-refractivity contribution >= 4 is 17.4 Å². The van der Waals surface area contributed by atoms with Crippen LogP contribution in [0.3, 0.4) is 0 Å². The van der Waals surface area contributed by atoms with Gasteiger partial charge in [-0.25, -0.2) is 4.79 Å². The molecule has 0 unspecified atom stereocenters. The number of benzene rings is 1. The Morgan fingerprint density at radius 3 is 3.00 bits per heavy atom. The SMILES string of the molecule is Cc1nocc1NC(=O)N1CCCCc2ccccc21. The minimum Gasteiger partial charge on any atom is -0.362 e. The third-order valence-corrected chi connectivity index (χ3v) is 3.60. The molecule has 2 amide bonds. The van der Waals surface area contributed by atoms with Crippen molar-refractivity contribution in [3.63, 3.8) is 0 Å². The first-order valence-electron chi connectivity index (χ1n) is 6.83. The summed E-state index contributed by atoms with van der Waals surface area (Å²) in [6.45, 7) is 2.53. The van der Waals surface area contributed by atoms with Gasteiger partial charge in [0.15, 0.2) is 0 Å². The predicted octanol–water partition coefficient (Wildman–Crippen LogP) is 3.36. The van der Waals surface area contributed by atoms with E-state index in [1.165, 1.54) is 11.8 Å². The highest BCUT2D eigenvalue weighted by atomic mass is 16.5. The highest BCUT2D eigenvalue weighted by Crippen LogP contribution is 2.27. The van der Waals surface area contributed by atoms with Gasteiger partial charge < -0.3 is 9.84 Å². The molecule has 1 aliphatic heterocycles. The molecule has 0 fully saturated rings. The van der Waals surface area contributed by atoms with E-state index in [1.807, 2.05) is 18.2 Å². The van der Waals surface area contributed by atoms with Crippen LogP contribution < -0.4 is 10.2 Å². The van der Waals surface area contributed by atoms with Crippen LogP contribution in [0.5, 0.6) is 0 Å². The van der Waals surface area contributed by atoms with E-state index in [-0.39, 0.29) is 6.03 Å². The van der Waals surface area contributed by atoms with E-state index in [2.05, 4.69) is 16.5 Å². The van der Waals surface area contributed by atoms with Gasteiger partial charge in [0.2, 0.25) is 0 Å². The third kappa shape index (κ3) is 2.39. The molecule has 0 atom stereocenters. The predicted molar refractivity (Wildman–Crippen MR) is 77.0 cm³/mol.